The van der Waals surface area contributed by atoms with Crippen LogP contribution in [0.4, 0.5) is 0 Å². The van der Waals surface area contributed by atoms with Gasteiger partial charge >= 0.3 is 5.97 Å². The molecule has 94 valence electrons. The molecule has 0 radical (unpaired) electrons. The van der Waals surface area contributed by atoms with Gasteiger partial charge in [0, 0.05) is 12.1 Å². The monoisotopic (exact) mass is 239 g/mol. The molecule has 0 aromatic heterocycles. The maximum atomic E-state index is 11.0. The average molecular weight is 239 g/mol. The Morgan fingerprint density at radius 3 is 2.71 bits per heavy atom. The van der Waals surface area contributed by atoms with Crippen molar-refractivity contribution in [2.24, 2.45) is 5.73 Å². The third-order valence-electron chi connectivity index (χ3n) is 2.16. The van der Waals surface area contributed by atoms with Crippen LogP contribution >= 0.6 is 0 Å². The van der Waals surface area contributed by atoms with E-state index in [1.54, 1.807) is 19.2 Å². The van der Waals surface area contributed by atoms with E-state index in [1.165, 1.54) is 7.11 Å². The summed E-state index contributed by atoms with van der Waals surface area (Å²) >= 11 is 0. The number of hydrogen-bond donors (Lipinski definition) is 1. The zero-order valence-corrected chi connectivity index (χ0v) is 10.0. The van der Waals surface area contributed by atoms with Gasteiger partial charge in [-0.2, -0.15) is 0 Å². The quantitative estimate of drug-likeness (QED) is 0.749. The molecule has 5 heteroatoms. The average Bonchev–Trinajstić information content (AvgIpc) is 2.36. The summed E-state index contributed by atoms with van der Waals surface area (Å²) in [4.78, 5) is 11.0. The van der Waals surface area contributed by atoms with E-state index >= 15 is 0 Å². The number of methoxy groups -OCH3 is 2. The van der Waals surface area contributed by atoms with E-state index in [4.69, 9.17) is 15.2 Å². The molecular formula is C12H17NO4. The first-order valence-corrected chi connectivity index (χ1v) is 5.25. The molecule has 5 nitrogen and oxygen atoms in total. The highest BCUT2D eigenvalue weighted by atomic mass is 16.5. The summed E-state index contributed by atoms with van der Waals surface area (Å²) < 4.78 is 15.0. The van der Waals surface area contributed by atoms with Gasteiger partial charge in [-0.25, -0.2) is 0 Å². The standard InChI is InChI=1S/C12H17NO4/c1-15-10-4-3-5-11(7-10)17-8-9(13)6-12(14)16-2/h3-5,7,9H,6,8,13H2,1-2H3. The Hall–Kier alpha value is -1.75. The van der Waals surface area contributed by atoms with Crippen LogP contribution in [0.25, 0.3) is 0 Å². The topological polar surface area (TPSA) is 70.8 Å². The third-order valence-corrected chi connectivity index (χ3v) is 2.16. The van der Waals surface area contributed by atoms with Crippen molar-refractivity contribution >= 4 is 5.97 Å². The summed E-state index contributed by atoms with van der Waals surface area (Å²) in [6.45, 7) is 0.252. The van der Waals surface area contributed by atoms with E-state index in [9.17, 15) is 4.79 Å². The molecule has 0 aliphatic rings. The molecule has 1 aromatic carbocycles. The Labute approximate surface area is 100 Å². The molecule has 1 rings (SSSR count). The van der Waals surface area contributed by atoms with Crippen LogP contribution in [0, 0.1) is 0 Å². The number of ether oxygens (including phenoxy) is 3. The van der Waals surface area contributed by atoms with Crippen LogP contribution in [-0.2, 0) is 9.53 Å². The summed E-state index contributed by atoms with van der Waals surface area (Å²) in [5, 5.41) is 0. The molecule has 0 aliphatic carbocycles. The summed E-state index contributed by atoms with van der Waals surface area (Å²) in [7, 11) is 2.92. The molecule has 1 aromatic rings. The first-order chi connectivity index (χ1) is 8.15. The van der Waals surface area contributed by atoms with Crippen molar-refractivity contribution in [3.63, 3.8) is 0 Å². The predicted molar refractivity (Wildman–Crippen MR) is 63.1 cm³/mol. The number of carbonyl (C=O) groups is 1. The van der Waals surface area contributed by atoms with Crippen LogP contribution in [0.1, 0.15) is 6.42 Å². The minimum Gasteiger partial charge on any atom is -0.497 e. The Balaban J connectivity index is 2.41. The second-order valence-electron chi connectivity index (χ2n) is 3.53. The van der Waals surface area contributed by atoms with Gasteiger partial charge in [-0.05, 0) is 12.1 Å². The zero-order chi connectivity index (χ0) is 12.7. The van der Waals surface area contributed by atoms with Crippen LogP contribution in [0.3, 0.4) is 0 Å². The predicted octanol–water partition coefficient (Wildman–Crippen LogP) is 0.964. The van der Waals surface area contributed by atoms with E-state index in [2.05, 4.69) is 4.74 Å². The summed E-state index contributed by atoms with van der Waals surface area (Å²) in [6, 6.07) is 6.81. The van der Waals surface area contributed by atoms with Crippen molar-refractivity contribution in [2.75, 3.05) is 20.8 Å². The van der Waals surface area contributed by atoms with Crippen molar-refractivity contribution in [3.8, 4) is 11.5 Å². The van der Waals surface area contributed by atoms with Crippen LogP contribution in [-0.4, -0.2) is 32.8 Å². The smallest absolute Gasteiger partial charge is 0.307 e. The largest absolute Gasteiger partial charge is 0.497 e. The molecule has 0 heterocycles. The summed E-state index contributed by atoms with van der Waals surface area (Å²) in [6.07, 6.45) is 0.139. The fraction of sp³-hybridized carbons (Fsp3) is 0.417. The van der Waals surface area contributed by atoms with Gasteiger partial charge in [0.1, 0.15) is 18.1 Å². The Morgan fingerprint density at radius 2 is 2.06 bits per heavy atom. The minimum absolute atomic E-state index is 0.139. The lowest BCUT2D eigenvalue weighted by molar-refractivity contribution is -0.141. The lowest BCUT2D eigenvalue weighted by Gasteiger charge is -2.12. The Bertz CT molecular complexity index is 367. The minimum atomic E-state index is -0.381. The van der Waals surface area contributed by atoms with E-state index in [1.807, 2.05) is 12.1 Å². The molecule has 17 heavy (non-hydrogen) atoms. The van der Waals surface area contributed by atoms with Crippen molar-refractivity contribution < 1.29 is 19.0 Å². The van der Waals surface area contributed by atoms with Gasteiger partial charge in [0.15, 0.2) is 0 Å². The fourth-order valence-corrected chi connectivity index (χ4v) is 1.25. The van der Waals surface area contributed by atoms with E-state index in [-0.39, 0.29) is 25.0 Å². The molecule has 2 N–H and O–H groups in total. The SMILES string of the molecule is COC(=O)CC(N)COc1cccc(OC)c1. The van der Waals surface area contributed by atoms with Gasteiger partial charge in [-0.15, -0.1) is 0 Å². The molecule has 1 unspecified atom stereocenters. The number of esters is 1. The highest BCUT2D eigenvalue weighted by Gasteiger charge is 2.10. The van der Waals surface area contributed by atoms with Gasteiger partial charge in [0.05, 0.1) is 20.6 Å². The van der Waals surface area contributed by atoms with Crippen molar-refractivity contribution in [3.05, 3.63) is 24.3 Å². The van der Waals surface area contributed by atoms with Crippen LogP contribution in [0.15, 0.2) is 24.3 Å². The third kappa shape index (κ3) is 4.74. The summed E-state index contributed by atoms with van der Waals surface area (Å²) in [5.41, 5.74) is 5.71. The van der Waals surface area contributed by atoms with Crippen molar-refractivity contribution in [2.45, 2.75) is 12.5 Å². The number of benzene rings is 1. The molecule has 0 fully saturated rings. The van der Waals surface area contributed by atoms with E-state index in [0.29, 0.717) is 11.5 Å². The van der Waals surface area contributed by atoms with Crippen LogP contribution in [0.5, 0.6) is 11.5 Å². The Kier molecular flexibility index (Phi) is 5.29. The molecule has 0 aliphatic heterocycles. The second kappa shape index (κ2) is 6.75. The Morgan fingerprint density at radius 1 is 1.35 bits per heavy atom. The van der Waals surface area contributed by atoms with E-state index in [0.717, 1.165) is 0 Å². The number of carbonyl (C=O) groups excluding carboxylic acids is 1. The van der Waals surface area contributed by atoms with Gasteiger partial charge in [0.2, 0.25) is 0 Å². The molecule has 1 atom stereocenters. The molecular weight excluding hydrogens is 222 g/mol. The molecule has 0 spiro atoms. The maximum absolute atomic E-state index is 11.0. The maximum Gasteiger partial charge on any atom is 0.307 e. The van der Waals surface area contributed by atoms with Crippen LogP contribution < -0.4 is 15.2 Å². The molecule has 0 amide bonds. The second-order valence-corrected chi connectivity index (χ2v) is 3.53. The zero-order valence-electron chi connectivity index (χ0n) is 10.0. The molecule has 0 bridgehead atoms. The van der Waals surface area contributed by atoms with Crippen LogP contribution in [0.2, 0.25) is 0 Å². The first-order valence-electron chi connectivity index (χ1n) is 5.25. The number of hydrogen-bond acceptors (Lipinski definition) is 5. The highest BCUT2D eigenvalue weighted by molar-refractivity contribution is 5.69. The normalized spacial score (nSPS) is 11.7. The van der Waals surface area contributed by atoms with Gasteiger partial charge in [-0.1, -0.05) is 6.07 Å². The highest BCUT2D eigenvalue weighted by Crippen LogP contribution is 2.18. The van der Waals surface area contributed by atoms with Crippen molar-refractivity contribution in [1.82, 2.24) is 0 Å². The number of rotatable bonds is 6. The van der Waals surface area contributed by atoms with Gasteiger partial charge < -0.3 is 19.9 Å². The molecule has 0 saturated heterocycles. The van der Waals surface area contributed by atoms with Crippen molar-refractivity contribution in [1.29, 1.82) is 0 Å². The lowest BCUT2D eigenvalue weighted by atomic mass is 10.2. The van der Waals surface area contributed by atoms with Gasteiger partial charge in [0.25, 0.3) is 0 Å². The summed E-state index contributed by atoms with van der Waals surface area (Å²) in [5.74, 6) is 1.03. The van der Waals surface area contributed by atoms with Gasteiger partial charge in [-0.3, -0.25) is 4.79 Å². The molecule has 0 saturated carbocycles. The fourth-order valence-electron chi connectivity index (χ4n) is 1.25. The lowest BCUT2D eigenvalue weighted by Crippen LogP contribution is -2.30. The first kappa shape index (κ1) is 13.3. The number of nitrogens with two attached hydrogens (primary N) is 1. The van der Waals surface area contributed by atoms with E-state index < -0.39 is 0 Å².